The summed E-state index contributed by atoms with van der Waals surface area (Å²) in [4.78, 5) is 16.2. The number of aromatic nitrogens is 5. The second kappa shape index (κ2) is 5.26. The molecule has 1 aliphatic heterocycles. The van der Waals surface area contributed by atoms with Crippen molar-refractivity contribution in [3.05, 3.63) is 18.7 Å². The van der Waals surface area contributed by atoms with Crippen molar-refractivity contribution in [2.45, 2.75) is 25.0 Å². The van der Waals surface area contributed by atoms with E-state index >= 15 is 0 Å². The number of nitrogens with two attached hydrogens (primary N) is 1. The first-order chi connectivity index (χ1) is 10.1. The minimum absolute atomic E-state index is 0.0962. The fourth-order valence-corrected chi connectivity index (χ4v) is 2.19. The largest absolute Gasteiger partial charge is 0.385 e. The Kier molecular flexibility index (Phi) is 3.43. The Morgan fingerprint density at radius 3 is 3.05 bits per heavy atom. The van der Waals surface area contributed by atoms with Crippen LogP contribution >= 0.6 is 0 Å². The zero-order chi connectivity index (χ0) is 14.9. The lowest BCUT2D eigenvalue weighted by Crippen LogP contribution is -2.43. The minimum atomic E-state index is -0.934. The molecule has 0 bridgehead atoms. The summed E-state index contributed by atoms with van der Waals surface area (Å²) in [5, 5.41) is 13.4. The number of nitrogens with zero attached hydrogens (tertiary/aromatic N) is 5. The van der Waals surface area contributed by atoms with Crippen molar-refractivity contribution < 1.29 is 9.84 Å². The lowest BCUT2D eigenvalue weighted by atomic mass is 9.97. The third kappa shape index (κ3) is 2.78. The molecule has 9 heteroatoms. The van der Waals surface area contributed by atoms with Crippen LogP contribution < -0.4 is 11.1 Å². The highest BCUT2D eigenvalue weighted by molar-refractivity contribution is 5.35. The molecule has 2 aromatic heterocycles. The first-order valence-electron chi connectivity index (χ1n) is 6.64. The van der Waals surface area contributed by atoms with Crippen LogP contribution in [0.1, 0.15) is 13.3 Å². The lowest BCUT2D eigenvalue weighted by molar-refractivity contribution is -0.0176. The maximum Gasteiger partial charge on any atom is 0.241 e. The van der Waals surface area contributed by atoms with E-state index in [1.807, 2.05) is 6.92 Å². The van der Waals surface area contributed by atoms with Gasteiger partial charge in [0.2, 0.25) is 17.8 Å². The van der Waals surface area contributed by atoms with Crippen LogP contribution in [0.4, 0.5) is 11.9 Å². The van der Waals surface area contributed by atoms with Gasteiger partial charge < -0.3 is 20.9 Å². The van der Waals surface area contributed by atoms with Gasteiger partial charge in [-0.15, -0.1) is 0 Å². The standard InChI is InChI=1S/C12H17N7O2/c1-8-12(20,2-5-21-8)6-15-10-16-9(13)17-11(18-10)19-4-3-14-7-19/h3-4,7-8,20H,2,5-6H2,1H3,(H3,13,15,16,17,18). The van der Waals surface area contributed by atoms with E-state index in [2.05, 4.69) is 25.3 Å². The van der Waals surface area contributed by atoms with Crippen LogP contribution in [0.2, 0.25) is 0 Å². The van der Waals surface area contributed by atoms with Gasteiger partial charge in [0.15, 0.2) is 0 Å². The van der Waals surface area contributed by atoms with Crippen molar-refractivity contribution >= 4 is 11.9 Å². The predicted octanol–water partition coefficient (Wildman–Crippen LogP) is -0.409. The molecule has 3 rings (SSSR count). The monoisotopic (exact) mass is 291 g/mol. The number of rotatable bonds is 4. The molecule has 112 valence electrons. The first kappa shape index (κ1) is 13.7. The molecular formula is C12H17N7O2. The molecule has 3 heterocycles. The quantitative estimate of drug-likeness (QED) is 0.694. The number of hydrogen-bond donors (Lipinski definition) is 3. The summed E-state index contributed by atoms with van der Waals surface area (Å²) in [7, 11) is 0. The molecule has 2 aromatic rings. The average Bonchev–Trinajstić information content (AvgIpc) is 3.08. The van der Waals surface area contributed by atoms with E-state index in [1.165, 1.54) is 0 Å². The second-order valence-corrected chi connectivity index (χ2v) is 5.01. The van der Waals surface area contributed by atoms with Crippen molar-refractivity contribution in [2.75, 3.05) is 24.2 Å². The van der Waals surface area contributed by atoms with Crippen LogP contribution in [0.5, 0.6) is 0 Å². The van der Waals surface area contributed by atoms with E-state index in [-0.39, 0.29) is 18.6 Å². The lowest BCUT2D eigenvalue weighted by Gasteiger charge is -2.26. The summed E-state index contributed by atoms with van der Waals surface area (Å²) >= 11 is 0. The smallest absolute Gasteiger partial charge is 0.241 e. The van der Waals surface area contributed by atoms with E-state index in [0.29, 0.717) is 24.9 Å². The van der Waals surface area contributed by atoms with Gasteiger partial charge in [-0.25, -0.2) is 4.98 Å². The Labute approximate surface area is 121 Å². The molecule has 2 unspecified atom stereocenters. The van der Waals surface area contributed by atoms with Gasteiger partial charge in [-0.2, -0.15) is 15.0 Å². The molecule has 0 spiro atoms. The van der Waals surface area contributed by atoms with E-state index in [4.69, 9.17) is 10.5 Å². The molecule has 1 aliphatic rings. The molecule has 0 radical (unpaired) electrons. The first-order valence-corrected chi connectivity index (χ1v) is 6.64. The van der Waals surface area contributed by atoms with Crippen molar-refractivity contribution in [1.29, 1.82) is 0 Å². The highest BCUT2D eigenvalue weighted by Gasteiger charge is 2.39. The molecule has 0 aromatic carbocycles. The molecule has 9 nitrogen and oxygen atoms in total. The van der Waals surface area contributed by atoms with Crippen molar-refractivity contribution in [1.82, 2.24) is 24.5 Å². The number of anilines is 2. The number of imidazole rings is 1. The van der Waals surface area contributed by atoms with Gasteiger partial charge in [-0.3, -0.25) is 4.57 Å². The average molecular weight is 291 g/mol. The van der Waals surface area contributed by atoms with Gasteiger partial charge in [-0.1, -0.05) is 0 Å². The Balaban J connectivity index is 1.77. The molecular weight excluding hydrogens is 274 g/mol. The Hall–Kier alpha value is -2.26. The van der Waals surface area contributed by atoms with Crippen LogP contribution in [0.25, 0.3) is 5.95 Å². The second-order valence-electron chi connectivity index (χ2n) is 5.01. The van der Waals surface area contributed by atoms with Crippen molar-refractivity contribution in [2.24, 2.45) is 0 Å². The molecule has 0 saturated carbocycles. The van der Waals surface area contributed by atoms with Crippen LogP contribution in [-0.2, 0) is 4.74 Å². The molecule has 4 N–H and O–H groups in total. The summed E-state index contributed by atoms with van der Waals surface area (Å²) in [6, 6.07) is 0. The van der Waals surface area contributed by atoms with Gasteiger partial charge >= 0.3 is 0 Å². The Bertz CT molecular complexity index is 618. The third-order valence-corrected chi connectivity index (χ3v) is 3.59. The molecule has 0 amide bonds. The summed E-state index contributed by atoms with van der Waals surface area (Å²) < 4.78 is 7.01. The number of hydrogen-bond acceptors (Lipinski definition) is 8. The molecule has 21 heavy (non-hydrogen) atoms. The summed E-state index contributed by atoms with van der Waals surface area (Å²) in [5.74, 6) is 0.767. The number of ether oxygens (including phenoxy) is 1. The van der Waals surface area contributed by atoms with Crippen molar-refractivity contribution in [3.8, 4) is 5.95 Å². The van der Waals surface area contributed by atoms with Gasteiger partial charge in [0.25, 0.3) is 0 Å². The SMILES string of the molecule is CC1OCCC1(O)CNc1nc(N)nc(-n2ccnc2)n1. The van der Waals surface area contributed by atoms with Gasteiger partial charge in [0.1, 0.15) is 11.9 Å². The van der Waals surface area contributed by atoms with Gasteiger partial charge in [0.05, 0.1) is 6.10 Å². The maximum absolute atomic E-state index is 10.4. The predicted molar refractivity (Wildman–Crippen MR) is 74.8 cm³/mol. The number of nitrogens with one attached hydrogen (secondary N) is 1. The maximum atomic E-state index is 10.4. The summed E-state index contributed by atoms with van der Waals surface area (Å²) in [5.41, 5.74) is 4.75. The molecule has 1 fully saturated rings. The topological polar surface area (TPSA) is 124 Å². The number of aliphatic hydroxyl groups is 1. The van der Waals surface area contributed by atoms with E-state index in [1.54, 1.807) is 23.3 Å². The molecule has 1 saturated heterocycles. The molecule has 2 atom stereocenters. The van der Waals surface area contributed by atoms with Crippen LogP contribution in [-0.4, -0.2) is 54.5 Å². The highest BCUT2D eigenvalue weighted by Crippen LogP contribution is 2.25. The zero-order valence-electron chi connectivity index (χ0n) is 11.6. The van der Waals surface area contributed by atoms with Crippen LogP contribution in [0, 0.1) is 0 Å². The minimum Gasteiger partial charge on any atom is -0.385 e. The van der Waals surface area contributed by atoms with Gasteiger partial charge in [-0.05, 0) is 6.92 Å². The van der Waals surface area contributed by atoms with Crippen LogP contribution in [0.15, 0.2) is 18.7 Å². The van der Waals surface area contributed by atoms with E-state index in [9.17, 15) is 5.11 Å². The summed E-state index contributed by atoms with van der Waals surface area (Å²) in [6.07, 6.45) is 5.22. The Morgan fingerprint density at radius 2 is 2.38 bits per heavy atom. The van der Waals surface area contributed by atoms with E-state index in [0.717, 1.165) is 0 Å². The zero-order valence-corrected chi connectivity index (χ0v) is 11.6. The highest BCUT2D eigenvalue weighted by atomic mass is 16.5. The van der Waals surface area contributed by atoms with Crippen molar-refractivity contribution in [3.63, 3.8) is 0 Å². The molecule has 0 aliphatic carbocycles. The summed E-state index contributed by atoms with van der Waals surface area (Å²) in [6.45, 7) is 2.66. The van der Waals surface area contributed by atoms with Gasteiger partial charge in [0, 0.05) is 32.0 Å². The number of nitrogen functional groups attached to an aromatic ring is 1. The third-order valence-electron chi connectivity index (χ3n) is 3.59. The fraction of sp³-hybridized carbons (Fsp3) is 0.500. The van der Waals surface area contributed by atoms with Crippen LogP contribution in [0.3, 0.4) is 0 Å². The fourth-order valence-electron chi connectivity index (χ4n) is 2.19. The normalized spacial score (nSPS) is 25.1. The van der Waals surface area contributed by atoms with E-state index < -0.39 is 5.60 Å². The Morgan fingerprint density at radius 1 is 1.52 bits per heavy atom.